The van der Waals surface area contributed by atoms with Crippen LogP contribution in [0.2, 0.25) is 5.15 Å². The molecule has 0 aliphatic rings. The van der Waals surface area contributed by atoms with Crippen molar-refractivity contribution in [2.45, 2.75) is 13.8 Å². The molecule has 0 spiro atoms. The number of fused-ring (bicyclic) bond motifs is 1. The molecule has 0 fully saturated rings. The topological polar surface area (TPSA) is 55.1 Å². The minimum absolute atomic E-state index is 0.432. The third-order valence-corrected chi connectivity index (χ3v) is 2.87. The number of halogens is 1. The highest BCUT2D eigenvalue weighted by atomic mass is 35.5. The van der Waals surface area contributed by atoms with Crippen LogP contribution in [0.5, 0.6) is 0 Å². The summed E-state index contributed by atoms with van der Waals surface area (Å²) in [5, 5.41) is 3.33. The minimum Gasteiger partial charge on any atom is -0.357 e. The molecule has 3 aromatic rings. The largest absolute Gasteiger partial charge is 0.357 e. The van der Waals surface area contributed by atoms with Gasteiger partial charge < -0.3 is 5.32 Å². The molecule has 0 aliphatic heterocycles. The van der Waals surface area contributed by atoms with Gasteiger partial charge in [-0.3, -0.25) is 4.40 Å². The normalized spacial score (nSPS) is 10.0. The van der Waals surface area contributed by atoms with Gasteiger partial charge in [0.15, 0.2) is 5.15 Å². The van der Waals surface area contributed by atoms with Crippen molar-refractivity contribution in [3.05, 3.63) is 41.8 Å². The van der Waals surface area contributed by atoms with Crippen LogP contribution >= 0.6 is 11.6 Å². The van der Waals surface area contributed by atoms with Gasteiger partial charge in [0, 0.05) is 19.4 Å². The predicted octanol–water partition coefficient (Wildman–Crippen LogP) is 3.51. The Kier molecular flexibility index (Phi) is 4.53. The molecule has 5 nitrogen and oxygen atoms in total. The maximum absolute atomic E-state index is 6.18. The summed E-state index contributed by atoms with van der Waals surface area (Å²) in [6.45, 7) is 4.00. The summed E-state index contributed by atoms with van der Waals surface area (Å²) < 4.78 is 1.91. The van der Waals surface area contributed by atoms with Crippen molar-refractivity contribution in [1.82, 2.24) is 19.4 Å². The summed E-state index contributed by atoms with van der Waals surface area (Å²) in [4.78, 5) is 12.8. The first-order valence-corrected chi connectivity index (χ1v) is 6.81. The second-order valence-electron chi connectivity index (χ2n) is 3.70. The van der Waals surface area contributed by atoms with Crippen molar-refractivity contribution < 1.29 is 0 Å². The zero-order chi connectivity index (χ0) is 14.5. The lowest BCUT2D eigenvalue weighted by atomic mass is 10.3. The Labute approximate surface area is 122 Å². The van der Waals surface area contributed by atoms with E-state index < -0.39 is 0 Å². The van der Waals surface area contributed by atoms with Crippen LogP contribution in [0.4, 0.5) is 5.95 Å². The summed E-state index contributed by atoms with van der Waals surface area (Å²) in [6, 6.07) is 7.55. The first-order chi connectivity index (χ1) is 9.79. The number of nitrogens with one attached hydrogen (secondary N) is 1. The van der Waals surface area contributed by atoms with Crippen molar-refractivity contribution in [3.8, 4) is 11.4 Å². The van der Waals surface area contributed by atoms with Gasteiger partial charge in [0.25, 0.3) is 0 Å². The second-order valence-corrected chi connectivity index (χ2v) is 4.05. The lowest BCUT2D eigenvalue weighted by Gasteiger charge is -2.03. The highest BCUT2D eigenvalue weighted by Crippen LogP contribution is 2.27. The molecule has 0 saturated heterocycles. The molecule has 3 rings (SSSR count). The number of rotatable bonds is 2. The van der Waals surface area contributed by atoms with Crippen molar-refractivity contribution in [1.29, 1.82) is 0 Å². The van der Waals surface area contributed by atoms with E-state index in [0.29, 0.717) is 11.1 Å². The molecular formula is C14H16ClN5. The van der Waals surface area contributed by atoms with Crippen LogP contribution in [0.1, 0.15) is 13.8 Å². The van der Waals surface area contributed by atoms with Gasteiger partial charge in [-0.05, 0) is 18.2 Å². The lowest BCUT2D eigenvalue weighted by Crippen LogP contribution is -1.98. The molecule has 3 heterocycles. The van der Waals surface area contributed by atoms with E-state index >= 15 is 0 Å². The van der Waals surface area contributed by atoms with Gasteiger partial charge in [0.05, 0.1) is 5.69 Å². The fourth-order valence-corrected chi connectivity index (χ4v) is 2.08. The number of hydrogen-bond donors (Lipinski definition) is 1. The van der Waals surface area contributed by atoms with Crippen LogP contribution in [0, 0.1) is 0 Å². The molecule has 20 heavy (non-hydrogen) atoms. The Morgan fingerprint density at radius 2 is 1.95 bits per heavy atom. The number of hydrogen-bond acceptors (Lipinski definition) is 4. The van der Waals surface area contributed by atoms with E-state index in [1.165, 1.54) is 0 Å². The molecule has 104 valence electrons. The van der Waals surface area contributed by atoms with Gasteiger partial charge in [0.1, 0.15) is 11.3 Å². The highest BCUT2D eigenvalue weighted by molar-refractivity contribution is 6.32. The molecule has 0 bridgehead atoms. The monoisotopic (exact) mass is 289 g/mol. The molecular weight excluding hydrogens is 274 g/mol. The van der Waals surface area contributed by atoms with Crippen LogP contribution in [-0.2, 0) is 0 Å². The molecule has 0 saturated carbocycles. The van der Waals surface area contributed by atoms with Crippen LogP contribution in [0.15, 0.2) is 36.7 Å². The number of imidazole rings is 1. The number of anilines is 1. The van der Waals surface area contributed by atoms with E-state index in [4.69, 9.17) is 11.6 Å². The second kappa shape index (κ2) is 6.34. The average molecular weight is 290 g/mol. The third kappa shape index (κ3) is 2.58. The van der Waals surface area contributed by atoms with E-state index in [9.17, 15) is 0 Å². The number of nitrogens with zero attached hydrogens (tertiary/aromatic N) is 4. The molecule has 0 atom stereocenters. The van der Waals surface area contributed by atoms with Crippen molar-refractivity contribution >= 4 is 23.2 Å². The van der Waals surface area contributed by atoms with Gasteiger partial charge in [-0.1, -0.05) is 31.5 Å². The molecule has 6 heteroatoms. The maximum atomic E-state index is 6.18. The van der Waals surface area contributed by atoms with Gasteiger partial charge >= 0.3 is 0 Å². The van der Waals surface area contributed by atoms with Crippen LogP contribution < -0.4 is 5.32 Å². The number of pyridine rings is 1. The van der Waals surface area contributed by atoms with Crippen LogP contribution in [-0.4, -0.2) is 26.4 Å². The highest BCUT2D eigenvalue weighted by Gasteiger charge is 2.13. The molecule has 0 amide bonds. The Morgan fingerprint density at radius 3 is 2.70 bits per heavy atom. The maximum Gasteiger partial charge on any atom is 0.222 e. The van der Waals surface area contributed by atoms with Gasteiger partial charge in [-0.25, -0.2) is 15.0 Å². The summed E-state index contributed by atoms with van der Waals surface area (Å²) in [7, 11) is 1.77. The summed E-state index contributed by atoms with van der Waals surface area (Å²) >= 11 is 6.18. The van der Waals surface area contributed by atoms with Gasteiger partial charge in [-0.15, -0.1) is 0 Å². The Balaban J connectivity index is 0.000000704. The fourth-order valence-electron chi connectivity index (χ4n) is 1.81. The van der Waals surface area contributed by atoms with Gasteiger partial charge in [-0.2, -0.15) is 0 Å². The van der Waals surface area contributed by atoms with E-state index in [1.807, 2.05) is 48.7 Å². The minimum atomic E-state index is 0.432. The molecule has 3 aromatic heterocycles. The molecule has 0 unspecified atom stereocenters. The van der Waals surface area contributed by atoms with E-state index in [2.05, 4.69) is 20.3 Å². The zero-order valence-corrected chi connectivity index (χ0v) is 12.4. The van der Waals surface area contributed by atoms with Crippen LogP contribution in [0.3, 0.4) is 0 Å². The van der Waals surface area contributed by atoms with E-state index in [1.54, 1.807) is 13.2 Å². The molecule has 0 aliphatic carbocycles. The Bertz CT molecular complexity index is 708. The molecule has 1 N–H and O–H groups in total. The van der Waals surface area contributed by atoms with Crippen molar-refractivity contribution in [2.75, 3.05) is 12.4 Å². The van der Waals surface area contributed by atoms with E-state index in [0.717, 1.165) is 17.0 Å². The Morgan fingerprint density at radius 1 is 1.15 bits per heavy atom. The van der Waals surface area contributed by atoms with E-state index in [-0.39, 0.29) is 0 Å². The molecule has 0 aromatic carbocycles. The summed E-state index contributed by atoms with van der Waals surface area (Å²) in [6.07, 6.45) is 3.59. The standard InChI is InChI=1S/C12H10ClN5.C2H6/c1-14-12-15-6-5-8(16-12)10-11(13)17-9-4-2-3-7-18(9)10;1-2/h2-7H,1H3,(H,14,15,16);1-2H3. The first-order valence-electron chi connectivity index (χ1n) is 6.43. The van der Waals surface area contributed by atoms with Crippen LogP contribution in [0.25, 0.3) is 17.0 Å². The van der Waals surface area contributed by atoms with Crippen molar-refractivity contribution in [2.24, 2.45) is 0 Å². The smallest absolute Gasteiger partial charge is 0.222 e. The third-order valence-electron chi connectivity index (χ3n) is 2.61. The summed E-state index contributed by atoms with van der Waals surface area (Å²) in [5.41, 5.74) is 2.30. The lowest BCUT2D eigenvalue weighted by molar-refractivity contribution is 1.12. The Hall–Kier alpha value is -2.14. The number of aromatic nitrogens is 4. The SMILES string of the molecule is CC.CNc1nccc(-c2c(Cl)nc3ccccn23)n1. The molecule has 0 radical (unpaired) electrons. The fraction of sp³-hybridized carbons (Fsp3) is 0.214. The van der Waals surface area contributed by atoms with Gasteiger partial charge in [0.2, 0.25) is 5.95 Å². The first kappa shape index (κ1) is 14.3. The van der Waals surface area contributed by atoms with Crippen molar-refractivity contribution in [3.63, 3.8) is 0 Å². The zero-order valence-electron chi connectivity index (χ0n) is 11.6. The predicted molar refractivity (Wildman–Crippen MR) is 82.1 cm³/mol. The quantitative estimate of drug-likeness (QED) is 0.784. The average Bonchev–Trinajstić information content (AvgIpc) is 2.85. The summed E-state index contributed by atoms with van der Waals surface area (Å²) in [5.74, 6) is 0.550.